The SMILES string of the molecule is CC(=O)Nc1ccc(SC(C)C(=O)NNC(=O)c2ccc(Br)s2)cc1. The average molecular weight is 442 g/mol. The molecule has 1 atom stereocenters. The Bertz CT molecular complexity index is 777. The van der Waals surface area contributed by atoms with Crippen LogP contribution in [0.25, 0.3) is 0 Å². The van der Waals surface area contributed by atoms with Gasteiger partial charge in [0, 0.05) is 17.5 Å². The molecule has 0 saturated heterocycles. The maximum absolute atomic E-state index is 12.1. The van der Waals surface area contributed by atoms with E-state index in [4.69, 9.17) is 0 Å². The van der Waals surface area contributed by atoms with Gasteiger partial charge in [0.15, 0.2) is 0 Å². The number of nitrogens with one attached hydrogen (secondary N) is 3. The number of anilines is 1. The summed E-state index contributed by atoms with van der Waals surface area (Å²) < 4.78 is 0.843. The molecule has 3 amide bonds. The highest BCUT2D eigenvalue weighted by Gasteiger charge is 2.16. The van der Waals surface area contributed by atoms with Gasteiger partial charge in [-0.15, -0.1) is 23.1 Å². The zero-order valence-corrected chi connectivity index (χ0v) is 16.7. The van der Waals surface area contributed by atoms with Crippen molar-refractivity contribution in [2.75, 3.05) is 5.32 Å². The van der Waals surface area contributed by atoms with Gasteiger partial charge in [-0.25, -0.2) is 0 Å². The third-order valence-electron chi connectivity index (χ3n) is 2.95. The highest BCUT2D eigenvalue weighted by molar-refractivity contribution is 9.11. The highest BCUT2D eigenvalue weighted by atomic mass is 79.9. The largest absolute Gasteiger partial charge is 0.326 e. The molecule has 0 fully saturated rings. The van der Waals surface area contributed by atoms with Crippen molar-refractivity contribution < 1.29 is 14.4 Å². The molecule has 25 heavy (non-hydrogen) atoms. The van der Waals surface area contributed by atoms with Crippen molar-refractivity contribution in [1.82, 2.24) is 10.9 Å². The van der Waals surface area contributed by atoms with Crippen LogP contribution in [0.3, 0.4) is 0 Å². The number of thiophene rings is 1. The standard InChI is InChI=1S/C16H16BrN3O3S2/c1-9(24-12-5-3-11(4-6-12)18-10(2)21)15(22)19-20-16(23)13-7-8-14(17)25-13/h3-9H,1-2H3,(H,18,21)(H,19,22)(H,20,23). The first-order valence-electron chi connectivity index (χ1n) is 7.25. The lowest BCUT2D eigenvalue weighted by Crippen LogP contribution is -2.44. The van der Waals surface area contributed by atoms with Crippen LogP contribution in [-0.4, -0.2) is 23.0 Å². The van der Waals surface area contributed by atoms with Crippen LogP contribution in [0.2, 0.25) is 0 Å². The molecule has 132 valence electrons. The zero-order chi connectivity index (χ0) is 18.4. The van der Waals surface area contributed by atoms with Gasteiger partial charge in [-0.05, 0) is 59.3 Å². The van der Waals surface area contributed by atoms with Gasteiger partial charge in [0.25, 0.3) is 11.8 Å². The van der Waals surface area contributed by atoms with Crippen LogP contribution in [0.5, 0.6) is 0 Å². The van der Waals surface area contributed by atoms with E-state index in [2.05, 4.69) is 32.1 Å². The summed E-state index contributed by atoms with van der Waals surface area (Å²) in [6.07, 6.45) is 0. The fraction of sp³-hybridized carbons (Fsp3) is 0.188. The Labute approximate surface area is 161 Å². The minimum absolute atomic E-state index is 0.137. The normalized spacial score (nSPS) is 11.5. The molecule has 1 heterocycles. The van der Waals surface area contributed by atoms with Gasteiger partial charge < -0.3 is 5.32 Å². The molecular weight excluding hydrogens is 426 g/mol. The smallest absolute Gasteiger partial charge is 0.279 e. The second kappa shape index (κ2) is 9.02. The van der Waals surface area contributed by atoms with E-state index in [9.17, 15) is 14.4 Å². The van der Waals surface area contributed by atoms with E-state index in [1.54, 1.807) is 31.2 Å². The van der Waals surface area contributed by atoms with Crippen molar-refractivity contribution in [2.24, 2.45) is 0 Å². The van der Waals surface area contributed by atoms with Crippen LogP contribution >= 0.6 is 39.0 Å². The molecular formula is C16H16BrN3O3S2. The molecule has 2 aromatic rings. The molecule has 0 aliphatic carbocycles. The van der Waals surface area contributed by atoms with Gasteiger partial charge in [0.1, 0.15) is 0 Å². The number of halogens is 1. The van der Waals surface area contributed by atoms with Crippen molar-refractivity contribution in [3.63, 3.8) is 0 Å². The number of rotatable bonds is 5. The van der Waals surface area contributed by atoms with Crippen molar-refractivity contribution in [1.29, 1.82) is 0 Å². The first kappa shape index (κ1) is 19.5. The number of hydrogen-bond acceptors (Lipinski definition) is 5. The van der Waals surface area contributed by atoms with Gasteiger partial charge in [-0.2, -0.15) is 0 Å². The number of hydrazine groups is 1. The Morgan fingerprint density at radius 3 is 2.32 bits per heavy atom. The zero-order valence-electron chi connectivity index (χ0n) is 13.5. The number of amides is 3. The molecule has 0 aliphatic rings. The minimum atomic E-state index is -0.401. The number of carbonyl (C=O) groups excluding carboxylic acids is 3. The first-order chi connectivity index (χ1) is 11.8. The van der Waals surface area contributed by atoms with Crippen LogP contribution < -0.4 is 16.2 Å². The quantitative estimate of drug-likeness (QED) is 0.489. The van der Waals surface area contributed by atoms with Gasteiger partial charge >= 0.3 is 0 Å². The summed E-state index contributed by atoms with van der Waals surface area (Å²) in [6.45, 7) is 3.19. The maximum atomic E-state index is 12.1. The van der Waals surface area contributed by atoms with Crippen molar-refractivity contribution in [3.05, 3.63) is 45.1 Å². The summed E-state index contributed by atoms with van der Waals surface area (Å²) in [7, 11) is 0. The fourth-order valence-corrected chi connectivity index (χ4v) is 3.94. The van der Waals surface area contributed by atoms with E-state index in [1.807, 2.05) is 12.1 Å². The summed E-state index contributed by atoms with van der Waals surface area (Å²) in [5.74, 6) is -0.803. The minimum Gasteiger partial charge on any atom is -0.326 e. The van der Waals surface area contributed by atoms with Crippen LogP contribution in [0.1, 0.15) is 23.5 Å². The Balaban J connectivity index is 1.83. The summed E-state index contributed by atoms with van der Waals surface area (Å²) in [6, 6.07) is 10.6. The summed E-state index contributed by atoms with van der Waals surface area (Å²) >= 11 is 5.92. The molecule has 0 bridgehead atoms. The number of thioether (sulfide) groups is 1. The summed E-state index contributed by atoms with van der Waals surface area (Å²) in [4.78, 5) is 36.4. The van der Waals surface area contributed by atoms with Gasteiger partial charge in [-0.1, -0.05) is 0 Å². The second-order valence-corrected chi connectivity index (χ2v) is 8.89. The lowest BCUT2D eigenvalue weighted by atomic mass is 10.3. The van der Waals surface area contributed by atoms with E-state index in [0.717, 1.165) is 8.68 Å². The van der Waals surface area contributed by atoms with Gasteiger partial charge in [0.05, 0.1) is 13.9 Å². The van der Waals surface area contributed by atoms with E-state index in [1.165, 1.54) is 30.0 Å². The second-order valence-electron chi connectivity index (χ2n) is 5.01. The van der Waals surface area contributed by atoms with Crippen molar-refractivity contribution in [3.8, 4) is 0 Å². The molecule has 0 saturated carbocycles. The predicted octanol–water partition coefficient (Wildman–Crippen LogP) is 3.41. The van der Waals surface area contributed by atoms with Crippen LogP contribution in [0.4, 0.5) is 5.69 Å². The molecule has 0 spiro atoms. The van der Waals surface area contributed by atoms with Crippen molar-refractivity contribution >= 4 is 62.4 Å². The molecule has 1 aromatic carbocycles. The third kappa shape index (κ3) is 6.18. The topological polar surface area (TPSA) is 87.3 Å². The molecule has 3 N–H and O–H groups in total. The van der Waals surface area contributed by atoms with Gasteiger partial charge in [-0.3, -0.25) is 25.2 Å². The summed E-state index contributed by atoms with van der Waals surface area (Å²) in [5.41, 5.74) is 5.52. The van der Waals surface area contributed by atoms with E-state index in [0.29, 0.717) is 10.6 Å². The van der Waals surface area contributed by atoms with Crippen LogP contribution in [0, 0.1) is 0 Å². The number of carbonyl (C=O) groups is 3. The van der Waals surface area contributed by atoms with E-state index in [-0.39, 0.29) is 17.7 Å². The molecule has 2 rings (SSSR count). The van der Waals surface area contributed by atoms with Crippen molar-refractivity contribution in [2.45, 2.75) is 24.0 Å². The Kier molecular flexibility index (Phi) is 7.03. The lowest BCUT2D eigenvalue weighted by Gasteiger charge is -2.12. The van der Waals surface area contributed by atoms with Crippen LogP contribution in [0.15, 0.2) is 45.1 Å². The Morgan fingerprint density at radius 1 is 1.08 bits per heavy atom. The molecule has 1 aromatic heterocycles. The molecule has 9 heteroatoms. The fourth-order valence-electron chi connectivity index (χ4n) is 1.80. The van der Waals surface area contributed by atoms with E-state index < -0.39 is 5.25 Å². The highest BCUT2D eigenvalue weighted by Crippen LogP contribution is 2.25. The first-order valence-corrected chi connectivity index (χ1v) is 9.74. The molecule has 6 nitrogen and oxygen atoms in total. The lowest BCUT2D eigenvalue weighted by molar-refractivity contribution is -0.121. The molecule has 0 aliphatic heterocycles. The summed E-state index contributed by atoms with van der Waals surface area (Å²) in [5, 5.41) is 2.28. The number of hydrogen-bond donors (Lipinski definition) is 3. The Morgan fingerprint density at radius 2 is 1.76 bits per heavy atom. The Hall–Kier alpha value is -1.84. The number of benzene rings is 1. The van der Waals surface area contributed by atoms with E-state index >= 15 is 0 Å². The molecule has 0 radical (unpaired) electrons. The predicted molar refractivity (Wildman–Crippen MR) is 104 cm³/mol. The van der Waals surface area contributed by atoms with Gasteiger partial charge in [0.2, 0.25) is 5.91 Å². The third-order valence-corrected chi connectivity index (χ3v) is 5.69. The molecule has 1 unspecified atom stereocenters. The van der Waals surface area contributed by atoms with Crippen LogP contribution in [-0.2, 0) is 9.59 Å². The average Bonchev–Trinajstić information content (AvgIpc) is 3.00. The monoisotopic (exact) mass is 441 g/mol. The maximum Gasteiger partial charge on any atom is 0.279 e.